The van der Waals surface area contributed by atoms with E-state index in [0.717, 1.165) is 23.3 Å². The van der Waals surface area contributed by atoms with Crippen LogP contribution in [0.15, 0.2) is 78.0 Å². The molecule has 0 radical (unpaired) electrons. The highest BCUT2D eigenvalue weighted by atomic mass is 19.4. The lowest BCUT2D eigenvalue weighted by molar-refractivity contribution is -0.137. The SMILES string of the molecule is CON=C(c1ccc(F)cc1)c1ccc(COc2ccc(C(F)(F)F)cc2)cc1. The molecule has 0 unspecified atom stereocenters. The van der Waals surface area contributed by atoms with Crippen LogP contribution in [0.25, 0.3) is 0 Å². The van der Waals surface area contributed by atoms with Gasteiger partial charge in [0, 0.05) is 11.1 Å². The summed E-state index contributed by atoms with van der Waals surface area (Å²) in [7, 11) is 1.43. The topological polar surface area (TPSA) is 30.8 Å². The molecule has 3 aromatic carbocycles. The van der Waals surface area contributed by atoms with Gasteiger partial charge in [-0.3, -0.25) is 0 Å². The average Bonchev–Trinajstić information content (AvgIpc) is 2.71. The lowest BCUT2D eigenvalue weighted by Gasteiger charge is -2.10. The van der Waals surface area contributed by atoms with Crippen molar-refractivity contribution in [3.05, 3.63) is 101 Å². The standard InChI is InChI=1S/C22H17F4NO2/c1-28-27-21(17-6-10-19(23)11-7-17)16-4-2-15(3-5-16)14-29-20-12-8-18(9-13-20)22(24,25)26/h2-13H,14H2,1H3. The van der Waals surface area contributed by atoms with Gasteiger partial charge in [-0.15, -0.1) is 0 Å². The van der Waals surface area contributed by atoms with Gasteiger partial charge in [0.15, 0.2) is 0 Å². The summed E-state index contributed by atoms with van der Waals surface area (Å²) >= 11 is 0. The normalized spacial score (nSPS) is 12.0. The fourth-order valence-electron chi connectivity index (χ4n) is 2.64. The second-order valence-electron chi connectivity index (χ2n) is 6.14. The van der Waals surface area contributed by atoms with Gasteiger partial charge in [0.1, 0.15) is 31.0 Å². The molecule has 0 aromatic heterocycles. The summed E-state index contributed by atoms with van der Waals surface area (Å²) in [6.45, 7) is 0.193. The molecule has 3 nitrogen and oxygen atoms in total. The molecule has 0 N–H and O–H groups in total. The van der Waals surface area contributed by atoms with Crippen molar-refractivity contribution in [3.8, 4) is 5.75 Å². The highest BCUT2D eigenvalue weighted by Gasteiger charge is 2.30. The monoisotopic (exact) mass is 403 g/mol. The first-order valence-corrected chi connectivity index (χ1v) is 8.63. The molecule has 0 atom stereocenters. The van der Waals surface area contributed by atoms with Gasteiger partial charge in [-0.1, -0.05) is 29.4 Å². The number of hydrogen-bond donors (Lipinski definition) is 0. The molecule has 0 aliphatic heterocycles. The van der Waals surface area contributed by atoms with Gasteiger partial charge >= 0.3 is 6.18 Å². The summed E-state index contributed by atoms with van der Waals surface area (Å²) in [5.41, 5.74) is 2.10. The van der Waals surface area contributed by atoms with E-state index in [0.29, 0.717) is 17.0 Å². The predicted molar refractivity (Wildman–Crippen MR) is 101 cm³/mol. The van der Waals surface area contributed by atoms with Crippen LogP contribution in [0.3, 0.4) is 0 Å². The van der Waals surface area contributed by atoms with Crippen LogP contribution in [0.4, 0.5) is 17.6 Å². The Kier molecular flexibility index (Phi) is 6.16. The summed E-state index contributed by atoms with van der Waals surface area (Å²) in [5, 5.41) is 4.02. The fourth-order valence-corrected chi connectivity index (χ4v) is 2.64. The Labute approximate surface area is 165 Å². The van der Waals surface area contributed by atoms with Crippen molar-refractivity contribution in [2.45, 2.75) is 12.8 Å². The third-order valence-corrected chi connectivity index (χ3v) is 4.11. The quantitative estimate of drug-likeness (QED) is 0.295. The third kappa shape index (κ3) is 5.34. The van der Waals surface area contributed by atoms with Gasteiger partial charge in [-0.25, -0.2) is 4.39 Å². The Morgan fingerprint density at radius 2 is 1.38 bits per heavy atom. The maximum atomic E-state index is 13.2. The lowest BCUT2D eigenvalue weighted by atomic mass is 10.0. The molecular weight excluding hydrogens is 386 g/mol. The molecular formula is C22H17F4NO2. The molecule has 0 bridgehead atoms. The minimum atomic E-state index is -4.37. The Balaban J connectivity index is 1.69. The van der Waals surface area contributed by atoms with Gasteiger partial charge < -0.3 is 9.57 Å². The number of rotatable bonds is 6. The molecule has 7 heteroatoms. The van der Waals surface area contributed by atoms with Crippen LogP contribution in [-0.2, 0) is 17.6 Å². The molecule has 0 saturated heterocycles. The second-order valence-corrected chi connectivity index (χ2v) is 6.14. The summed E-state index contributed by atoms with van der Waals surface area (Å²) in [6, 6.07) is 17.7. The van der Waals surface area contributed by atoms with E-state index in [1.54, 1.807) is 12.1 Å². The van der Waals surface area contributed by atoms with Crippen LogP contribution in [0.1, 0.15) is 22.3 Å². The van der Waals surface area contributed by atoms with Crippen molar-refractivity contribution in [3.63, 3.8) is 0 Å². The van der Waals surface area contributed by atoms with Crippen molar-refractivity contribution >= 4 is 5.71 Å². The number of oxime groups is 1. The second kappa shape index (κ2) is 8.77. The van der Waals surface area contributed by atoms with Crippen molar-refractivity contribution in [1.82, 2.24) is 0 Å². The highest BCUT2D eigenvalue weighted by Crippen LogP contribution is 2.30. The first-order valence-electron chi connectivity index (χ1n) is 8.63. The molecule has 3 aromatic rings. The molecule has 0 aliphatic carbocycles. The smallest absolute Gasteiger partial charge is 0.416 e. The maximum Gasteiger partial charge on any atom is 0.416 e. The van der Waals surface area contributed by atoms with E-state index in [1.165, 1.54) is 31.4 Å². The van der Waals surface area contributed by atoms with Crippen molar-refractivity contribution in [2.75, 3.05) is 7.11 Å². The molecule has 29 heavy (non-hydrogen) atoms. The first kappa shape index (κ1) is 20.4. The van der Waals surface area contributed by atoms with E-state index < -0.39 is 11.7 Å². The lowest BCUT2D eigenvalue weighted by Crippen LogP contribution is -2.05. The Hall–Kier alpha value is -3.35. The third-order valence-electron chi connectivity index (χ3n) is 4.11. The first-order chi connectivity index (χ1) is 13.9. The van der Waals surface area contributed by atoms with Gasteiger partial charge in [-0.2, -0.15) is 13.2 Å². The van der Waals surface area contributed by atoms with Crippen molar-refractivity contribution in [1.29, 1.82) is 0 Å². The minimum absolute atomic E-state index is 0.193. The Morgan fingerprint density at radius 3 is 1.90 bits per heavy atom. The molecule has 0 aliphatic rings. The van der Waals surface area contributed by atoms with Gasteiger partial charge in [0.05, 0.1) is 5.56 Å². The molecule has 150 valence electrons. The van der Waals surface area contributed by atoms with Gasteiger partial charge in [0.25, 0.3) is 0 Å². The Morgan fingerprint density at radius 1 is 0.828 bits per heavy atom. The van der Waals surface area contributed by atoms with E-state index in [9.17, 15) is 17.6 Å². The number of benzene rings is 3. The van der Waals surface area contributed by atoms with Gasteiger partial charge in [-0.05, 0) is 54.1 Å². The minimum Gasteiger partial charge on any atom is -0.489 e. The summed E-state index contributed by atoms with van der Waals surface area (Å²) in [4.78, 5) is 4.90. The highest BCUT2D eigenvalue weighted by molar-refractivity contribution is 6.12. The molecule has 0 spiro atoms. The zero-order valence-corrected chi connectivity index (χ0v) is 15.4. The number of hydrogen-bond acceptors (Lipinski definition) is 3. The van der Waals surface area contributed by atoms with Crippen LogP contribution in [0, 0.1) is 5.82 Å². The van der Waals surface area contributed by atoms with Crippen LogP contribution in [0.5, 0.6) is 5.75 Å². The molecule has 0 saturated carbocycles. The summed E-state index contributed by atoms with van der Waals surface area (Å²) in [5.74, 6) is -0.00342. The maximum absolute atomic E-state index is 13.2. The Bertz CT molecular complexity index is 964. The largest absolute Gasteiger partial charge is 0.489 e. The summed E-state index contributed by atoms with van der Waals surface area (Å²) < 4.78 is 56.5. The number of alkyl halides is 3. The molecule has 3 rings (SSSR count). The zero-order chi connectivity index (χ0) is 20.9. The zero-order valence-electron chi connectivity index (χ0n) is 15.4. The summed E-state index contributed by atoms with van der Waals surface area (Å²) in [6.07, 6.45) is -4.37. The average molecular weight is 403 g/mol. The fraction of sp³-hybridized carbons (Fsp3) is 0.136. The predicted octanol–water partition coefficient (Wildman–Crippen LogP) is 5.82. The van der Waals surface area contributed by atoms with Crippen LogP contribution in [-0.4, -0.2) is 12.8 Å². The van der Waals surface area contributed by atoms with Crippen LogP contribution in [0.2, 0.25) is 0 Å². The molecule has 0 heterocycles. The van der Waals surface area contributed by atoms with Crippen LogP contribution < -0.4 is 4.74 Å². The molecule has 0 amide bonds. The van der Waals surface area contributed by atoms with E-state index >= 15 is 0 Å². The van der Waals surface area contributed by atoms with E-state index in [4.69, 9.17) is 9.57 Å². The van der Waals surface area contributed by atoms with Gasteiger partial charge in [0.2, 0.25) is 0 Å². The number of nitrogens with zero attached hydrogens (tertiary/aromatic N) is 1. The van der Waals surface area contributed by atoms with E-state index in [2.05, 4.69) is 5.16 Å². The van der Waals surface area contributed by atoms with E-state index in [1.807, 2.05) is 24.3 Å². The number of halogens is 4. The molecule has 0 fully saturated rings. The number of ether oxygens (including phenoxy) is 1. The van der Waals surface area contributed by atoms with Crippen LogP contribution >= 0.6 is 0 Å². The van der Waals surface area contributed by atoms with Crippen molar-refractivity contribution in [2.24, 2.45) is 5.16 Å². The van der Waals surface area contributed by atoms with E-state index in [-0.39, 0.29) is 12.4 Å². The van der Waals surface area contributed by atoms with Crippen molar-refractivity contribution < 1.29 is 27.1 Å².